The van der Waals surface area contributed by atoms with E-state index in [-0.39, 0.29) is 12.3 Å². The molecule has 27 heavy (non-hydrogen) atoms. The van der Waals surface area contributed by atoms with E-state index < -0.39 is 0 Å². The summed E-state index contributed by atoms with van der Waals surface area (Å²) in [4.78, 5) is 15.2. The van der Waals surface area contributed by atoms with Crippen LogP contribution in [0, 0.1) is 5.41 Å². The lowest BCUT2D eigenvalue weighted by Gasteiger charge is -2.26. The number of hydrogen-bond acceptors (Lipinski definition) is 3. The predicted octanol–water partition coefficient (Wildman–Crippen LogP) is 3.29. The van der Waals surface area contributed by atoms with Crippen molar-refractivity contribution in [3.8, 4) is 0 Å². The van der Waals surface area contributed by atoms with Crippen molar-refractivity contribution in [1.82, 2.24) is 14.0 Å². The smallest absolute Gasteiger partial charge is 0.203 e. The van der Waals surface area contributed by atoms with Crippen molar-refractivity contribution < 1.29 is 4.79 Å². The van der Waals surface area contributed by atoms with E-state index in [9.17, 15) is 4.79 Å². The van der Waals surface area contributed by atoms with Crippen LogP contribution in [0.4, 0.5) is 0 Å². The number of likely N-dealkylation sites (tertiary alicyclic amines) is 1. The number of ketones is 1. The first-order valence-electron chi connectivity index (χ1n) is 9.77. The molecule has 5 heteroatoms. The summed E-state index contributed by atoms with van der Waals surface area (Å²) in [5.74, 6) is 0.0352. The van der Waals surface area contributed by atoms with Gasteiger partial charge in [-0.3, -0.25) is 10.2 Å². The first kappa shape index (κ1) is 17.7. The molecule has 0 unspecified atom stereocenters. The van der Waals surface area contributed by atoms with Gasteiger partial charge in [0.05, 0.1) is 17.6 Å². The zero-order valence-electron chi connectivity index (χ0n) is 15.6. The van der Waals surface area contributed by atoms with Crippen LogP contribution < -0.4 is 5.62 Å². The molecule has 3 aromatic rings. The number of benzene rings is 2. The molecular weight excluding hydrogens is 336 g/mol. The summed E-state index contributed by atoms with van der Waals surface area (Å²) < 4.78 is 3.88. The van der Waals surface area contributed by atoms with E-state index >= 15 is 0 Å². The van der Waals surface area contributed by atoms with Gasteiger partial charge in [0.15, 0.2) is 5.78 Å². The van der Waals surface area contributed by atoms with Crippen molar-refractivity contribution in [2.75, 3.05) is 19.6 Å². The van der Waals surface area contributed by atoms with Gasteiger partial charge in [0, 0.05) is 18.7 Å². The van der Waals surface area contributed by atoms with Gasteiger partial charge >= 0.3 is 0 Å². The summed E-state index contributed by atoms with van der Waals surface area (Å²) in [7, 11) is 0. The molecule has 1 aromatic heterocycles. The molecule has 1 fully saturated rings. The van der Waals surface area contributed by atoms with Gasteiger partial charge in [-0.15, -0.1) is 0 Å². The summed E-state index contributed by atoms with van der Waals surface area (Å²) in [6.45, 7) is 4.24. The topological polar surface area (TPSA) is 54.0 Å². The molecular formula is C22H26N4O. The Kier molecular flexibility index (Phi) is 5.21. The number of imidazole rings is 1. The Morgan fingerprint density at radius 2 is 1.44 bits per heavy atom. The van der Waals surface area contributed by atoms with Crippen molar-refractivity contribution in [1.29, 1.82) is 5.41 Å². The highest BCUT2D eigenvalue weighted by Crippen LogP contribution is 2.15. The summed E-state index contributed by atoms with van der Waals surface area (Å²) >= 11 is 0. The number of carbonyl (C=O) groups excluding carboxylic acids is 1. The van der Waals surface area contributed by atoms with Crippen molar-refractivity contribution >= 4 is 16.8 Å². The summed E-state index contributed by atoms with van der Waals surface area (Å²) in [6.07, 6.45) is 3.87. The Hall–Kier alpha value is -2.66. The number of Topliss-reactive ketones (excluding diaryl/α,β-unsaturated/α-hetero) is 1. The average Bonchev–Trinajstić information content (AvgIpc) is 2.99. The van der Waals surface area contributed by atoms with Crippen LogP contribution in [0.2, 0.25) is 0 Å². The maximum atomic E-state index is 12.7. The highest BCUT2D eigenvalue weighted by molar-refractivity contribution is 5.96. The first-order chi connectivity index (χ1) is 13.2. The third-order valence-corrected chi connectivity index (χ3v) is 5.46. The first-order valence-corrected chi connectivity index (χ1v) is 9.77. The molecule has 140 valence electrons. The van der Waals surface area contributed by atoms with Crippen LogP contribution in [0.25, 0.3) is 11.0 Å². The van der Waals surface area contributed by atoms with Gasteiger partial charge in [-0.2, -0.15) is 0 Å². The number of para-hydroxylation sites is 2. The molecule has 0 amide bonds. The van der Waals surface area contributed by atoms with Crippen LogP contribution in [0.5, 0.6) is 0 Å². The van der Waals surface area contributed by atoms with Crippen molar-refractivity contribution in [3.63, 3.8) is 0 Å². The Morgan fingerprint density at radius 1 is 0.815 bits per heavy atom. The quantitative estimate of drug-likeness (QED) is 0.684. The molecule has 1 aliphatic heterocycles. The number of nitrogens with zero attached hydrogens (tertiary/aromatic N) is 3. The maximum absolute atomic E-state index is 12.7. The number of carbonyl (C=O) groups is 1. The second kappa shape index (κ2) is 7.92. The van der Waals surface area contributed by atoms with Crippen molar-refractivity contribution in [2.24, 2.45) is 0 Å². The van der Waals surface area contributed by atoms with E-state index in [1.807, 2.05) is 63.7 Å². The van der Waals surface area contributed by atoms with E-state index in [1.54, 1.807) is 0 Å². The summed E-state index contributed by atoms with van der Waals surface area (Å²) in [5.41, 5.74) is 3.07. The van der Waals surface area contributed by atoms with E-state index in [4.69, 9.17) is 5.41 Å². The zero-order chi connectivity index (χ0) is 18.6. The number of nitrogens with one attached hydrogen (secondary N) is 1. The fraction of sp³-hybridized carbons (Fsp3) is 0.364. The standard InChI is InChI=1S/C22H26N4O/c23-22-25(16-15-24-13-7-2-8-14-24)19-11-5-6-12-20(19)26(22)17-21(27)18-9-3-1-4-10-18/h1,3-6,9-12,23H,2,7-8,13-17H2. The van der Waals surface area contributed by atoms with Gasteiger partial charge in [-0.25, -0.2) is 0 Å². The van der Waals surface area contributed by atoms with Crippen LogP contribution in [-0.4, -0.2) is 39.5 Å². The van der Waals surface area contributed by atoms with Gasteiger partial charge in [-0.1, -0.05) is 48.9 Å². The molecule has 0 spiro atoms. The van der Waals surface area contributed by atoms with Crippen molar-refractivity contribution in [3.05, 3.63) is 65.8 Å². The van der Waals surface area contributed by atoms with Gasteiger partial charge in [0.2, 0.25) is 5.62 Å². The highest BCUT2D eigenvalue weighted by Gasteiger charge is 2.16. The maximum Gasteiger partial charge on any atom is 0.203 e. The molecule has 0 bridgehead atoms. The molecule has 0 saturated carbocycles. The average molecular weight is 362 g/mol. The predicted molar refractivity (Wildman–Crippen MR) is 107 cm³/mol. The minimum absolute atomic E-state index is 0.0352. The van der Waals surface area contributed by atoms with Crippen LogP contribution in [-0.2, 0) is 13.1 Å². The number of aromatic nitrogens is 2. The summed E-state index contributed by atoms with van der Waals surface area (Å²) in [5, 5.41) is 8.70. The van der Waals surface area contributed by atoms with Gasteiger partial charge < -0.3 is 14.0 Å². The van der Waals surface area contributed by atoms with E-state index in [0.29, 0.717) is 11.2 Å². The van der Waals surface area contributed by atoms with Gasteiger partial charge in [-0.05, 0) is 38.1 Å². The fourth-order valence-electron chi connectivity index (χ4n) is 3.96. The lowest BCUT2D eigenvalue weighted by atomic mass is 10.1. The molecule has 0 aliphatic carbocycles. The van der Waals surface area contributed by atoms with Crippen LogP contribution in [0.15, 0.2) is 54.6 Å². The molecule has 0 atom stereocenters. The second-order valence-corrected chi connectivity index (χ2v) is 7.24. The molecule has 1 saturated heterocycles. The van der Waals surface area contributed by atoms with E-state index in [0.717, 1.165) is 37.2 Å². The molecule has 1 aliphatic rings. The van der Waals surface area contributed by atoms with Crippen LogP contribution in [0.3, 0.4) is 0 Å². The van der Waals surface area contributed by atoms with E-state index in [1.165, 1.54) is 19.3 Å². The number of hydrogen-bond donors (Lipinski definition) is 1. The Balaban J connectivity index is 1.62. The molecule has 2 heterocycles. The SMILES string of the molecule is N=c1n(CCN2CCCCC2)c2ccccc2n1CC(=O)c1ccccc1. The van der Waals surface area contributed by atoms with Crippen molar-refractivity contribution in [2.45, 2.75) is 32.4 Å². The highest BCUT2D eigenvalue weighted by atomic mass is 16.1. The normalized spacial score (nSPS) is 15.3. The third kappa shape index (κ3) is 3.74. The Bertz CT molecular complexity index is 980. The minimum Gasteiger partial charge on any atom is -0.309 e. The molecule has 4 rings (SSSR count). The molecule has 1 N–H and O–H groups in total. The lowest BCUT2D eigenvalue weighted by molar-refractivity contribution is 0.0971. The zero-order valence-corrected chi connectivity index (χ0v) is 15.6. The minimum atomic E-state index is 0.0352. The number of piperidine rings is 1. The van der Waals surface area contributed by atoms with Gasteiger partial charge in [0.25, 0.3) is 0 Å². The summed E-state index contributed by atoms with van der Waals surface area (Å²) in [6, 6.07) is 17.4. The Morgan fingerprint density at radius 3 is 2.15 bits per heavy atom. The number of fused-ring (bicyclic) bond motifs is 1. The van der Waals surface area contributed by atoms with E-state index in [2.05, 4.69) is 4.90 Å². The largest absolute Gasteiger partial charge is 0.309 e. The molecule has 0 radical (unpaired) electrons. The third-order valence-electron chi connectivity index (χ3n) is 5.46. The monoisotopic (exact) mass is 362 g/mol. The van der Waals surface area contributed by atoms with Crippen LogP contribution in [0.1, 0.15) is 29.6 Å². The second-order valence-electron chi connectivity index (χ2n) is 7.24. The fourth-order valence-corrected chi connectivity index (χ4v) is 3.96. The van der Waals surface area contributed by atoms with Crippen LogP contribution >= 0.6 is 0 Å². The lowest BCUT2D eigenvalue weighted by Crippen LogP contribution is -2.35. The molecule has 2 aromatic carbocycles. The van der Waals surface area contributed by atoms with Gasteiger partial charge in [0.1, 0.15) is 0 Å². The Labute approximate surface area is 159 Å². The molecule has 5 nitrogen and oxygen atoms in total. The number of rotatable bonds is 6.